The number of rotatable bonds is 5. The molecule has 1 spiro atoms. The van der Waals surface area contributed by atoms with E-state index >= 15 is 0 Å². The Balaban J connectivity index is 1.20. The van der Waals surface area contributed by atoms with E-state index in [0.717, 1.165) is 19.0 Å². The van der Waals surface area contributed by atoms with Gasteiger partial charge in [-0.2, -0.15) is 18.3 Å². The second-order valence-electron chi connectivity index (χ2n) is 10.6. The van der Waals surface area contributed by atoms with E-state index in [-0.39, 0.29) is 47.7 Å². The lowest BCUT2D eigenvalue weighted by molar-refractivity contribution is -0.270. The maximum atomic E-state index is 14.3. The number of hydrogen-bond acceptors (Lipinski definition) is 6. The molecule has 0 aromatic carbocycles. The van der Waals surface area contributed by atoms with Crippen molar-refractivity contribution in [1.82, 2.24) is 25.4 Å². The Morgan fingerprint density at radius 1 is 1.18 bits per heavy atom. The zero-order valence-corrected chi connectivity index (χ0v) is 20.8. The van der Waals surface area contributed by atoms with Crippen molar-refractivity contribution in [2.45, 2.75) is 74.7 Å². The van der Waals surface area contributed by atoms with Gasteiger partial charge in [-0.05, 0) is 57.4 Å². The molecule has 9 nitrogen and oxygen atoms in total. The average molecular weight is 540 g/mol. The summed E-state index contributed by atoms with van der Waals surface area (Å²) in [6.45, 7) is 0.328. The van der Waals surface area contributed by atoms with Gasteiger partial charge >= 0.3 is 6.18 Å². The Morgan fingerprint density at radius 3 is 2.53 bits per heavy atom. The number of H-pyrrole nitrogens is 1. The summed E-state index contributed by atoms with van der Waals surface area (Å²) in [7, 11) is 1.41. The van der Waals surface area contributed by atoms with Gasteiger partial charge in [0.05, 0.1) is 19.0 Å². The molecule has 13 heteroatoms. The van der Waals surface area contributed by atoms with Gasteiger partial charge in [-0.25, -0.2) is 9.37 Å². The minimum atomic E-state index is -4.69. The normalized spacial score (nSPS) is 26.7. The van der Waals surface area contributed by atoms with Crippen LogP contribution in [-0.2, 0) is 4.79 Å². The number of aromatic amines is 1. The van der Waals surface area contributed by atoms with Crippen LogP contribution in [0.2, 0.25) is 0 Å². The molecule has 1 atom stereocenters. The number of hydrogen-bond donors (Lipinski definition) is 3. The molecule has 1 aliphatic heterocycles. The van der Waals surface area contributed by atoms with E-state index in [0.29, 0.717) is 25.1 Å². The van der Waals surface area contributed by atoms with Crippen molar-refractivity contribution in [1.29, 1.82) is 0 Å². The fraction of sp³-hybridized carbons (Fsp3) is 0.600. The highest BCUT2D eigenvalue weighted by molar-refractivity contribution is 5.94. The summed E-state index contributed by atoms with van der Waals surface area (Å²) in [6, 6.07) is 2.45. The highest BCUT2D eigenvalue weighted by atomic mass is 19.4. The van der Waals surface area contributed by atoms with E-state index in [1.54, 1.807) is 4.90 Å². The van der Waals surface area contributed by atoms with E-state index in [2.05, 4.69) is 20.5 Å². The molecule has 3 heterocycles. The topological polar surface area (TPSA) is 120 Å². The van der Waals surface area contributed by atoms with Crippen LogP contribution in [-0.4, -0.2) is 74.0 Å². The number of nitrogens with zero attached hydrogens (tertiary/aromatic N) is 3. The second-order valence-corrected chi connectivity index (χ2v) is 10.6. The molecule has 38 heavy (non-hydrogen) atoms. The number of pyridine rings is 1. The van der Waals surface area contributed by atoms with Crippen molar-refractivity contribution in [2.24, 2.45) is 5.92 Å². The Morgan fingerprint density at radius 2 is 1.89 bits per heavy atom. The van der Waals surface area contributed by atoms with Gasteiger partial charge < -0.3 is 20.1 Å². The van der Waals surface area contributed by atoms with Crippen molar-refractivity contribution >= 4 is 11.8 Å². The number of nitrogens with one attached hydrogen (secondary N) is 2. The lowest BCUT2D eigenvalue weighted by Crippen LogP contribution is -2.54. The fourth-order valence-corrected chi connectivity index (χ4v) is 5.64. The van der Waals surface area contributed by atoms with Crippen molar-refractivity contribution in [3.8, 4) is 17.1 Å². The largest absolute Gasteiger partial charge is 0.481 e. The number of ether oxygens (including phenoxy) is 1. The number of aliphatic hydroxyl groups is 1. The fourth-order valence-electron chi connectivity index (χ4n) is 5.64. The lowest BCUT2D eigenvalue weighted by atomic mass is 9.81. The molecule has 206 valence electrons. The summed E-state index contributed by atoms with van der Waals surface area (Å²) in [4.78, 5) is 31.8. The Kier molecular flexibility index (Phi) is 6.60. The maximum Gasteiger partial charge on any atom is 0.417 e. The number of methoxy groups -OCH3 is 1. The molecule has 3 aliphatic rings. The minimum Gasteiger partial charge on any atom is -0.481 e. The number of alkyl halides is 3. The molecule has 0 bridgehead atoms. The first-order chi connectivity index (χ1) is 17.9. The number of carbonyl (C=O) groups excluding carboxylic acids is 2. The van der Waals surface area contributed by atoms with Gasteiger partial charge in [0.2, 0.25) is 11.8 Å². The summed E-state index contributed by atoms with van der Waals surface area (Å²) in [6.07, 6.45) is -2.12. The van der Waals surface area contributed by atoms with Crippen molar-refractivity contribution in [3.63, 3.8) is 0 Å². The highest BCUT2D eigenvalue weighted by Crippen LogP contribution is 2.50. The summed E-state index contributed by atoms with van der Waals surface area (Å²) < 4.78 is 58.5. The number of piperidine rings is 1. The molecule has 3 N–H and O–H groups in total. The molecule has 2 amide bonds. The molecule has 1 saturated heterocycles. The zero-order valence-electron chi connectivity index (χ0n) is 20.8. The molecule has 2 aromatic heterocycles. The van der Waals surface area contributed by atoms with Gasteiger partial charge in [0, 0.05) is 35.7 Å². The predicted molar refractivity (Wildman–Crippen MR) is 125 cm³/mol. The van der Waals surface area contributed by atoms with Crippen LogP contribution in [0.3, 0.4) is 0 Å². The van der Waals surface area contributed by atoms with Crippen LogP contribution in [0.1, 0.15) is 61.9 Å². The minimum absolute atomic E-state index is 0.0513. The molecule has 0 unspecified atom stereocenters. The third-order valence-corrected chi connectivity index (χ3v) is 8.16. The monoisotopic (exact) mass is 539 g/mol. The van der Waals surface area contributed by atoms with Crippen LogP contribution in [0, 0.1) is 11.7 Å². The second kappa shape index (κ2) is 9.51. The summed E-state index contributed by atoms with van der Waals surface area (Å²) >= 11 is 0. The number of likely N-dealkylation sites (tertiary alicyclic amines) is 1. The molecule has 5 rings (SSSR count). The number of aromatic nitrogens is 3. The Labute approximate surface area is 215 Å². The molecule has 2 saturated carbocycles. The Hall–Kier alpha value is -3.22. The van der Waals surface area contributed by atoms with Crippen LogP contribution >= 0.6 is 0 Å². The molecule has 0 radical (unpaired) electrons. The standard InChI is InChI=1S/C25H29F4N5O4/c1-38-20-10-16(17(26)13-30-20)18-11-19(33-32-18)22(36)34-9-4-14(12-23(34)7-8-23)21(35)31-15-2-5-24(37,6-3-15)25(27,28)29/h10-11,13-15,37H,2-9,12H2,1H3,(H,31,35)(H,32,33)/t14-,15-,24-/m1/s1. The van der Waals surface area contributed by atoms with Crippen LogP contribution in [0.4, 0.5) is 17.6 Å². The van der Waals surface area contributed by atoms with Crippen LogP contribution < -0.4 is 10.1 Å². The predicted octanol–water partition coefficient (Wildman–Crippen LogP) is 3.36. The van der Waals surface area contributed by atoms with Gasteiger partial charge in [0.15, 0.2) is 17.1 Å². The summed E-state index contributed by atoms with van der Waals surface area (Å²) in [5, 5.41) is 19.5. The quantitative estimate of drug-likeness (QED) is 0.502. The first-order valence-corrected chi connectivity index (χ1v) is 12.6. The van der Waals surface area contributed by atoms with E-state index < -0.39 is 42.0 Å². The number of amides is 2. The third kappa shape index (κ3) is 4.83. The van der Waals surface area contributed by atoms with Gasteiger partial charge in [0.1, 0.15) is 0 Å². The number of carbonyl (C=O) groups is 2. The van der Waals surface area contributed by atoms with Crippen molar-refractivity contribution in [2.75, 3.05) is 13.7 Å². The number of halogens is 4. The summed E-state index contributed by atoms with van der Waals surface area (Å²) in [5.74, 6) is -1.29. The zero-order chi connectivity index (χ0) is 27.3. The molecule has 2 aromatic rings. The van der Waals surface area contributed by atoms with E-state index in [1.807, 2.05) is 0 Å². The van der Waals surface area contributed by atoms with E-state index in [1.165, 1.54) is 19.2 Å². The van der Waals surface area contributed by atoms with Gasteiger partial charge in [-0.15, -0.1) is 0 Å². The smallest absolute Gasteiger partial charge is 0.417 e. The highest BCUT2D eigenvalue weighted by Gasteiger charge is 2.56. The molecule has 2 aliphatic carbocycles. The van der Waals surface area contributed by atoms with E-state index in [4.69, 9.17) is 4.74 Å². The third-order valence-electron chi connectivity index (χ3n) is 8.16. The first kappa shape index (κ1) is 26.4. The Bertz CT molecular complexity index is 1220. The van der Waals surface area contributed by atoms with Crippen LogP contribution in [0.5, 0.6) is 5.88 Å². The van der Waals surface area contributed by atoms with Gasteiger partial charge in [-0.1, -0.05) is 0 Å². The van der Waals surface area contributed by atoms with E-state index in [9.17, 15) is 32.3 Å². The van der Waals surface area contributed by atoms with Gasteiger partial charge in [0.25, 0.3) is 5.91 Å². The lowest BCUT2D eigenvalue weighted by Gasteiger charge is -2.41. The SMILES string of the molecule is COc1cc(-c2cc(C(=O)N3CC[C@@H](C(=O)N[C@H]4CC[C@@](O)(C(F)(F)F)CC4)CC34CC4)n[nH]2)c(F)cn1. The average Bonchev–Trinajstić information content (AvgIpc) is 3.46. The van der Waals surface area contributed by atoms with Crippen LogP contribution in [0.25, 0.3) is 11.3 Å². The van der Waals surface area contributed by atoms with Crippen molar-refractivity contribution in [3.05, 3.63) is 29.8 Å². The maximum absolute atomic E-state index is 14.3. The van der Waals surface area contributed by atoms with Crippen LogP contribution in [0.15, 0.2) is 18.3 Å². The van der Waals surface area contributed by atoms with Crippen molar-refractivity contribution < 1.29 is 37.0 Å². The first-order valence-electron chi connectivity index (χ1n) is 12.6. The summed E-state index contributed by atoms with van der Waals surface area (Å²) in [5.41, 5.74) is -2.57. The van der Waals surface area contributed by atoms with Gasteiger partial charge in [-0.3, -0.25) is 14.7 Å². The molecule has 3 fully saturated rings. The molecular formula is C25H29F4N5O4. The molecular weight excluding hydrogens is 510 g/mol.